The molecule has 0 radical (unpaired) electrons. The molecular weight excluding hydrogens is 813 g/mol. The van der Waals surface area contributed by atoms with Gasteiger partial charge in [0.25, 0.3) is 0 Å². The largest absolute Gasteiger partial charge is 0.359 e. The van der Waals surface area contributed by atoms with Crippen LogP contribution in [0.25, 0.3) is 0 Å². The van der Waals surface area contributed by atoms with Gasteiger partial charge in [0, 0.05) is 112 Å². The lowest BCUT2D eigenvalue weighted by molar-refractivity contribution is 0.312. The van der Waals surface area contributed by atoms with Crippen LogP contribution in [0.4, 0.5) is 46.8 Å². The van der Waals surface area contributed by atoms with E-state index in [4.69, 9.17) is 19.0 Å². The number of likely N-dealkylation sites (N-methyl/N-ethyl adjacent to an activating group) is 2. The summed E-state index contributed by atoms with van der Waals surface area (Å²) in [5, 5.41) is 36.6. The van der Waals surface area contributed by atoms with Gasteiger partial charge in [-0.05, 0) is 51.6 Å². The Labute approximate surface area is 373 Å². The Balaban J connectivity index is 0.000000162. The average Bonchev–Trinajstić information content (AvgIpc) is 4.06. The molecule has 8 heterocycles. The summed E-state index contributed by atoms with van der Waals surface area (Å²) in [5.41, 5.74) is 4.26. The Morgan fingerprint density at radius 2 is 0.953 bits per heavy atom. The monoisotopic (exact) mass is 875 g/mol. The number of rotatable bonds is 16. The van der Waals surface area contributed by atoms with Gasteiger partial charge in [0.15, 0.2) is 23.2 Å². The number of nitrogens with zero attached hydrogens (tertiary/aromatic N) is 12. The van der Waals surface area contributed by atoms with E-state index in [-0.39, 0.29) is 0 Å². The molecule has 64 heavy (non-hydrogen) atoms. The predicted octanol–water partition coefficient (Wildman–Crippen LogP) is 6.59. The van der Waals surface area contributed by atoms with Crippen molar-refractivity contribution in [1.29, 1.82) is 0 Å². The number of anilines is 8. The van der Waals surface area contributed by atoms with Gasteiger partial charge >= 0.3 is 0 Å². The summed E-state index contributed by atoms with van der Waals surface area (Å²) in [6.45, 7) is 17.1. The molecule has 6 aromatic heterocycles. The van der Waals surface area contributed by atoms with Crippen LogP contribution in [-0.2, 0) is 13.1 Å². The van der Waals surface area contributed by atoms with E-state index in [9.17, 15) is 0 Å². The second-order valence-electron chi connectivity index (χ2n) is 18.1. The molecule has 6 N–H and O–H groups in total. The summed E-state index contributed by atoms with van der Waals surface area (Å²) < 4.78 is 10.9. The predicted molar refractivity (Wildman–Crippen MR) is 247 cm³/mol. The Hall–Kier alpha value is -6.28. The normalized spacial score (nSPS) is 17.2. The molecule has 0 aromatic carbocycles. The van der Waals surface area contributed by atoms with Crippen molar-refractivity contribution in [2.24, 2.45) is 0 Å². The topological polar surface area (TPSA) is 222 Å². The van der Waals surface area contributed by atoms with Crippen LogP contribution in [0, 0.1) is 0 Å². The smallest absolute Gasteiger partial charge is 0.227 e. The van der Waals surface area contributed by atoms with Crippen molar-refractivity contribution >= 4 is 46.8 Å². The number of H-pyrrole nitrogens is 2. The van der Waals surface area contributed by atoms with Gasteiger partial charge in [-0.15, -0.1) is 0 Å². The lowest BCUT2D eigenvalue weighted by atomic mass is 10.1. The highest BCUT2D eigenvalue weighted by molar-refractivity contribution is 5.61. The SMILES string of the molecule is CC(C)c1cc(CNc2nc(Nc3cc(C4CC4)[nH]n3)cc(N3CCN(C)CC3)n2)on1.CC(C)c1cc(CNc2nc(Nc3cc(C4CC4)[nH]n3)cc(N3CCN(C)CC3)n2)on1. The van der Waals surface area contributed by atoms with Crippen molar-refractivity contribution < 1.29 is 9.05 Å². The van der Waals surface area contributed by atoms with Crippen LogP contribution in [0.3, 0.4) is 0 Å². The molecule has 10 rings (SSSR count). The minimum atomic E-state index is 0.328. The second kappa shape index (κ2) is 19.2. The summed E-state index contributed by atoms with van der Waals surface area (Å²) in [6, 6.07) is 12.1. The second-order valence-corrected chi connectivity index (χ2v) is 18.1. The van der Waals surface area contributed by atoms with Gasteiger partial charge in [-0.1, -0.05) is 38.0 Å². The summed E-state index contributed by atoms with van der Waals surface area (Å²) in [4.78, 5) is 28.2. The molecule has 340 valence electrons. The van der Waals surface area contributed by atoms with Gasteiger partial charge in [0.2, 0.25) is 11.9 Å². The zero-order valence-corrected chi connectivity index (χ0v) is 37.9. The lowest BCUT2D eigenvalue weighted by Crippen LogP contribution is -2.44. The van der Waals surface area contributed by atoms with Crippen LogP contribution in [0.5, 0.6) is 0 Å². The van der Waals surface area contributed by atoms with Gasteiger partial charge in [-0.25, -0.2) is 0 Å². The van der Waals surface area contributed by atoms with E-state index in [1.807, 2.05) is 24.3 Å². The van der Waals surface area contributed by atoms with Gasteiger partial charge in [-0.2, -0.15) is 30.1 Å². The Kier molecular flexibility index (Phi) is 12.9. The van der Waals surface area contributed by atoms with Crippen molar-refractivity contribution in [2.75, 3.05) is 97.5 Å². The standard InChI is InChI=1S/2C22H31N9O/c2*1-14(2)17-10-16(32-29-17)13-23-22-25-19(24-20-11-18(27-28-20)15-4-5-15)12-21(26-22)31-8-6-30(3)7-9-31/h2*10-12,14-15H,4-9,13H2,1-3H3,(H3,23,24,25,26,27,28). The molecule has 20 heteroatoms. The third-order valence-electron chi connectivity index (χ3n) is 12.0. The fraction of sp³-hybridized carbons (Fsp3) is 0.545. The summed E-state index contributed by atoms with van der Waals surface area (Å²) in [5.74, 6) is 9.30. The molecule has 4 fully saturated rings. The highest BCUT2D eigenvalue weighted by atomic mass is 16.5. The highest BCUT2D eigenvalue weighted by Crippen LogP contribution is 2.40. The van der Waals surface area contributed by atoms with Gasteiger partial charge in [0.05, 0.1) is 24.5 Å². The van der Waals surface area contributed by atoms with Crippen LogP contribution >= 0.6 is 0 Å². The number of aromatic amines is 2. The number of piperazine rings is 2. The van der Waals surface area contributed by atoms with E-state index in [2.05, 4.69) is 135 Å². The molecule has 0 amide bonds. The van der Waals surface area contributed by atoms with Gasteiger partial charge in [0.1, 0.15) is 23.3 Å². The van der Waals surface area contributed by atoms with Crippen LogP contribution in [0.2, 0.25) is 0 Å². The zero-order chi connectivity index (χ0) is 44.2. The van der Waals surface area contributed by atoms with Crippen molar-refractivity contribution in [3.63, 3.8) is 0 Å². The molecule has 6 aromatic rings. The molecular formula is C44H62N18O2. The number of hydrogen-bond donors (Lipinski definition) is 6. The molecule has 0 atom stereocenters. The van der Waals surface area contributed by atoms with Crippen molar-refractivity contribution in [3.8, 4) is 0 Å². The molecule has 4 aliphatic rings. The minimum Gasteiger partial charge on any atom is -0.359 e. The Bertz CT molecular complexity index is 2260. The molecule has 2 saturated carbocycles. The fourth-order valence-corrected chi connectivity index (χ4v) is 7.52. The molecule has 2 aliphatic heterocycles. The van der Waals surface area contributed by atoms with E-state index in [1.165, 1.54) is 37.1 Å². The fourth-order valence-electron chi connectivity index (χ4n) is 7.52. The molecule has 0 spiro atoms. The first-order chi connectivity index (χ1) is 31.1. The van der Waals surface area contributed by atoms with Crippen molar-refractivity contribution in [3.05, 3.63) is 70.7 Å². The van der Waals surface area contributed by atoms with Crippen LogP contribution < -0.4 is 31.1 Å². The van der Waals surface area contributed by atoms with E-state index in [0.29, 0.717) is 60.3 Å². The number of hydrogen-bond acceptors (Lipinski definition) is 18. The van der Waals surface area contributed by atoms with E-state index in [0.717, 1.165) is 98.5 Å². The zero-order valence-electron chi connectivity index (χ0n) is 37.9. The van der Waals surface area contributed by atoms with E-state index < -0.39 is 0 Å². The first-order valence-electron chi connectivity index (χ1n) is 22.8. The van der Waals surface area contributed by atoms with Crippen molar-refractivity contribution in [2.45, 2.75) is 90.1 Å². The Morgan fingerprint density at radius 1 is 0.547 bits per heavy atom. The molecule has 20 nitrogen and oxygen atoms in total. The van der Waals surface area contributed by atoms with Crippen LogP contribution in [0.1, 0.15) is 111 Å². The first kappa shape index (κ1) is 43.0. The van der Waals surface area contributed by atoms with Crippen molar-refractivity contribution in [1.82, 2.24) is 60.4 Å². The summed E-state index contributed by atoms with van der Waals surface area (Å²) in [7, 11) is 4.30. The van der Waals surface area contributed by atoms with Gasteiger partial charge in [-0.3, -0.25) is 10.2 Å². The molecule has 0 unspecified atom stereocenters. The lowest BCUT2D eigenvalue weighted by Gasteiger charge is -2.33. The van der Waals surface area contributed by atoms with Gasteiger partial charge < -0.3 is 49.9 Å². The maximum atomic E-state index is 5.45. The van der Waals surface area contributed by atoms with E-state index in [1.54, 1.807) is 0 Å². The maximum Gasteiger partial charge on any atom is 0.227 e. The number of aromatic nitrogens is 10. The average molecular weight is 875 g/mol. The summed E-state index contributed by atoms with van der Waals surface area (Å²) >= 11 is 0. The Morgan fingerprint density at radius 3 is 1.31 bits per heavy atom. The maximum absolute atomic E-state index is 5.45. The van der Waals surface area contributed by atoms with Crippen LogP contribution in [-0.4, -0.2) is 127 Å². The highest BCUT2D eigenvalue weighted by Gasteiger charge is 2.27. The third-order valence-corrected chi connectivity index (χ3v) is 12.0. The molecule has 2 aliphatic carbocycles. The summed E-state index contributed by atoms with van der Waals surface area (Å²) in [6.07, 6.45) is 4.93. The third kappa shape index (κ3) is 11.3. The van der Waals surface area contributed by atoms with E-state index >= 15 is 0 Å². The molecule has 0 bridgehead atoms. The number of nitrogens with one attached hydrogen (secondary N) is 6. The molecule has 2 saturated heterocycles. The minimum absolute atomic E-state index is 0.328. The quantitative estimate of drug-likeness (QED) is 0.0603. The van der Waals surface area contributed by atoms with Crippen LogP contribution in [0.15, 0.2) is 45.4 Å². The first-order valence-corrected chi connectivity index (χ1v) is 22.8.